The summed E-state index contributed by atoms with van der Waals surface area (Å²) in [5.41, 5.74) is 1.49. The quantitative estimate of drug-likeness (QED) is 0.488. The normalized spacial score (nSPS) is 13.4. The van der Waals surface area contributed by atoms with Crippen LogP contribution in [0.15, 0.2) is 30.3 Å². The van der Waals surface area contributed by atoms with E-state index in [2.05, 4.69) is 20.1 Å². The summed E-state index contributed by atoms with van der Waals surface area (Å²) < 4.78 is 16.2. The average Bonchev–Trinajstić information content (AvgIpc) is 2.99. The Morgan fingerprint density at radius 2 is 1.97 bits per heavy atom. The Morgan fingerprint density at radius 3 is 2.74 bits per heavy atom. The predicted octanol–water partition coefficient (Wildman–Crippen LogP) is 4.59. The Morgan fingerprint density at radius 1 is 1.16 bits per heavy atom. The van der Waals surface area contributed by atoms with Crippen molar-refractivity contribution in [3.05, 3.63) is 68.8 Å². The minimum atomic E-state index is -0.795. The minimum absolute atomic E-state index is 0.104. The number of rotatable bonds is 4. The van der Waals surface area contributed by atoms with Crippen LogP contribution >= 0.6 is 0 Å². The van der Waals surface area contributed by atoms with Crippen molar-refractivity contribution in [2.75, 3.05) is 5.32 Å². The summed E-state index contributed by atoms with van der Waals surface area (Å²) in [5.74, 6) is 0.281. The van der Waals surface area contributed by atoms with Crippen molar-refractivity contribution >= 4 is 17.3 Å². The maximum atomic E-state index is 14.1. The van der Waals surface area contributed by atoms with Crippen molar-refractivity contribution < 1.29 is 14.1 Å². The molecular weight excluding hydrogens is 401 g/mol. The van der Waals surface area contributed by atoms with Gasteiger partial charge in [0.25, 0.3) is 11.6 Å². The number of anilines is 1. The summed E-state index contributed by atoms with van der Waals surface area (Å²) in [6.07, 6.45) is 4.19. The molecule has 0 saturated carbocycles. The summed E-state index contributed by atoms with van der Waals surface area (Å²) in [6.45, 7) is 3.99. The van der Waals surface area contributed by atoms with Crippen LogP contribution in [0.3, 0.4) is 0 Å². The highest BCUT2D eigenvalue weighted by Gasteiger charge is 2.21. The number of aryl methyl sites for hydroxylation is 2. The topological polar surface area (TPSA) is 103 Å². The fourth-order valence-electron chi connectivity index (χ4n) is 3.77. The maximum absolute atomic E-state index is 14.1. The van der Waals surface area contributed by atoms with Gasteiger partial charge in [0.2, 0.25) is 0 Å². The van der Waals surface area contributed by atoms with Gasteiger partial charge in [-0.15, -0.1) is 10.2 Å². The molecule has 1 N–H and O–H groups in total. The second-order valence-corrected chi connectivity index (χ2v) is 7.75. The first kappa shape index (κ1) is 20.6. The SMILES string of the molecule is Cc1ccc(-c2nnc3n2CCCCC3)cc1NC(=O)c1cc(F)c(C)c([N+](=O)[O-])c1. The molecule has 0 saturated heterocycles. The number of halogens is 1. The highest BCUT2D eigenvalue weighted by molar-refractivity contribution is 6.05. The van der Waals surface area contributed by atoms with Crippen molar-refractivity contribution in [3.8, 4) is 11.4 Å². The fraction of sp³-hybridized carbons (Fsp3) is 0.318. The van der Waals surface area contributed by atoms with Crippen molar-refractivity contribution in [1.29, 1.82) is 0 Å². The van der Waals surface area contributed by atoms with Crippen LogP contribution in [0.25, 0.3) is 11.4 Å². The lowest BCUT2D eigenvalue weighted by molar-refractivity contribution is -0.385. The Kier molecular flexibility index (Phi) is 5.50. The van der Waals surface area contributed by atoms with E-state index >= 15 is 0 Å². The summed E-state index contributed by atoms with van der Waals surface area (Å²) >= 11 is 0. The van der Waals surface area contributed by atoms with Gasteiger partial charge in [-0.25, -0.2) is 4.39 Å². The summed E-state index contributed by atoms with van der Waals surface area (Å²) in [4.78, 5) is 23.2. The van der Waals surface area contributed by atoms with Crippen LogP contribution in [0, 0.1) is 29.8 Å². The van der Waals surface area contributed by atoms with E-state index < -0.39 is 22.3 Å². The van der Waals surface area contributed by atoms with Crippen molar-refractivity contribution in [2.24, 2.45) is 0 Å². The fourth-order valence-corrected chi connectivity index (χ4v) is 3.77. The number of fused-ring (bicyclic) bond motifs is 1. The molecule has 2 heterocycles. The number of nitrogens with one attached hydrogen (secondary N) is 1. The number of nitro groups is 1. The lowest BCUT2D eigenvalue weighted by Crippen LogP contribution is -2.14. The highest BCUT2D eigenvalue weighted by atomic mass is 19.1. The highest BCUT2D eigenvalue weighted by Crippen LogP contribution is 2.28. The number of nitro benzene ring substituents is 1. The molecule has 31 heavy (non-hydrogen) atoms. The molecular formula is C22H22FN5O3. The molecule has 160 valence electrons. The molecule has 3 aromatic rings. The molecule has 9 heteroatoms. The summed E-state index contributed by atoms with van der Waals surface area (Å²) in [6, 6.07) is 7.68. The lowest BCUT2D eigenvalue weighted by atomic mass is 10.1. The van der Waals surface area contributed by atoms with Gasteiger partial charge in [0.1, 0.15) is 11.6 Å². The van der Waals surface area contributed by atoms with Crippen LogP contribution in [-0.2, 0) is 13.0 Å². The van der Waals surface area contributed by atoms with E-state index in [0.717, 1.165) is 67.1 Å². The van der Waals surface area contributed by atoms with Gasteiger partial charge in [0.05, 0.1) is 10.5 Å². The van der Waals surface area contributed by atoms with Gasteiger partial charge < -0.3 is 9.88 Å². The van der Waals surface area contributed by atoms with Crippen LogP contribution < -0.4 is 5.32 Å². The predicted molar refractivity (Wildman–Crippen MR) is 113 cm³/mol. The number of benzene rings is 2. The maximum Gasteiger partial charge on any atom is 0.276 e. The van der Waals surface area contributed by atoms with E-state index in [9.17, 15) is 19.3 Å². The van der Waals surface area contributed by atoms with E-state index in [4.69, 9.17) is 0 Å². The number of hydrogen-bond acceptors (Lipinski definition) is 5. The Bertz CT molecular complexity index is 1190. The van der Waals surface area contributed by atoms with Gasteiger partial charge in [-0.3, -0.25) is 14.9 Å². The monoisotopic (exact) mass is 423 g/mol. The molecule has 0 bridgehead atoms. The van der Waals surface area contributed by atoms with E-state index in [1.165, 1.54) is 6.92 Å². The zero-order valence-corrected chi connectivity index (χ0v) is 17.3. The molecule has 1 aliphatic heterocycles. The number of hydrogen-bond donors (Lipinski definition) is 1. The molecule has 0 aliphatic carbocycles. The number of aromatic nitrogens is 3. The number of nitrogens with zero attached hydrogens (tertiary/aromatic N) is 4. The summed E-state index contributed by atoms with van der Waals surface area (Å²) in [5, 5.41) is 22.6. The third-order valence-electron chi connectivity index (χ3n) is 5.63. The van der Waals surface area contributed by atoms with Gasteiger partial charge in [0.15, 0.2) is 5.82 Å². The molecule has 2 aromatic carbocycles. The van der Waals surface area contributed by atoms with Crippen molar-refractivity contribution in [1.82, 2.24) is 14.8 Å². The first-order valence-corrected chi connectivity index (χ1v) is 10.1. The van der Waals surface area contributed by atoms with Crippen molar-refractivity contribution in [3.63, 3.8) is 0 Å². The number of carbonyl (C=O) groups is 1. The van der Waals surface area contributed by atoms with Crippen LogP contribution in [-0.4, -0.2) is 25.6 Å². The van der Waals surface area contributed by atoms with Crippen LogP contribution in [0.5, 0.6) is 0 Å². The number of carbonyl (C=O) groups excluding carboxylic acids is 1. The molecule has 4 rings (SSSR count). The molecule has 0 spiro atoms. The third kappa shape index (κ3) is 4.03. The van der Waals surface area contributed by atoms with Gasteiger partial charge in [-0.2, -0.15) is 0 Å². The second-order valence-electron chi connectivity index (χ2n) is 7.75. The Hall–Kier alpha value is -3.62. The average molecular weight is 423 g/mol. The molecule has 0 fully saturated rings. The van der Waals surface area contributed by atoms with Gasteiger partial charge >= 0.3 is 0 Å². The molecule has 8 nitrogen and oxygen atoms in total. The first-order valence-electron chi connectivity index (χ1n) is 10.1. The minimum Gasteiger partial charge on any atom is -0.322 e. The Balaban J connectivity index is 1.66. The van der Waals surface area contributed by atoms with Crippen LogP contribution in [0.4, 0.5) is 15.8 Å². The van der Waals surface area contributed by atoms with E-state index in [0.29, 0.717) is 5.69 Å². The Labute approximate surface area is 178 Å². The van der Waals surface area contributed by atoms with E-state index in [-0.39, 0.29) is 11.1 Å². The van der Waals surface area contributed by atoms with Crippen LogP contribution in [0.1, 0.15) is 46.6 Å². The molecule has 0 atom stereocenters. The largest absolute Gasteiger partial charge is 0.322 e. The molecule has 0 unspecified atom stereocenters. The van der Waals surface area contributed by atoms with E-state index in [1.807, 2.05) is 19.1 Å². The van der Waals surface area contributed by atoms with E-state index in [1.54, 1.807) is 6.07 Å². The summed E-state index contributed by atoms with van der Waals surface area (Å²) in [7, 11) is 0. The molecule has 0 radical (unpaired) electrons. The smallest absolute Gasteiger partial charge is 0.276 e. The molecule has 1 amide bonds. The van der Waals surface area contributed by atoms with Gasteiger partial charge in [-0.05, 0) is 44.4 Å². The lowest BCUT2D eigenvalue weighted by Gasteiger charge is -2.12. The molecule has 1 aliphatic rings. The van der Waals surface area contributed by atoms with Gasteiger partial charge in [-0.1, -0.05) is 18.6 Å². The number of amides is 1. The standard InChI is InChI=1S/C22H22FN5O3/c1-13-7-8-15(21-26-25-20-6-4-3-5-9-27(20)21)11-18(13)24-22(29)16-10-17(23)14(2)19(12-16)28(30)31/h7-8,10-12H,3-6,9H2,1-2H3,(H,24,29). The third-order valence-corrected chi connectivity index (χ3v) is 5.63. The van der Waals surface area contributed by atoms with Crippen LogP contribution in [0.2, 0.25) is 0 Å². The zero-order chi connectivity index (χ0) is 22.1. The first-order chi connectivity index (χ1) is 14.8. The molecule has 1 aromatic heterocycles. The zero-order valence-electron chi connectivity index (χ0n) is 17.3. The van der Waals surface area contributed by atoms with Gasteiger partial charge in [0, 0.05) is 35.8 Å². The van der Waals surface area contributed by atoms with Crippen molar-refractivity contribution in [2.45, 2.75) is 46.1 Å². The second kappa shape index (κ2) is 8.25.